The quantitative estimate of drug-likeness (QED) is 0.758. The van der Waals surface area contributed by atoms with Crippen LogP contribution in [0.25, 0.3) is 0 Å². The van der Waals surface area contributed by atoms with E-state index in [1.165, 1.54) is 19.2 Å². The SMILES string of the molecule is COc1cc(OCc2cc(F)cc(F)c2)c(F)cc1CNC(=O)[C@@H]1CCCN1. The molecular weight excluding hydrogens is 373 g/mol. The molecule has 150 valence electrons. The van der Waals surface area contributed by atoms with Crippen molar-refractivity contribution in [2.24, 2.45) is 0 Å². The van der Waals surface area contributed by atoms with Crippen molar-refractivity contribution in [3.05, 3.63) is 58.9 Å². The Morgan fingerprint density at radius 2 is 1.89 bits per heavy atom. The third-order valence-corrected chi connectivity index (χ3v) is 4.48. The van der Waals surface area contributed by atoms with Crippen LogP contribution in [0.2, 0.25) is 0 Å². The van der Waals surface area contributed by atoms with Crippen LogP contribution in [-0.2, 0) is 17.9 Å². The molecule has 0 radical (unpaired) electrons. The predicted molar refractivity (Wildman–Crippen MR) is 96.5 cm³/mol. The van der Waals surface area contributed by atoms with Crippen LogP contribution in [0, 0.1) is 17.5 Å². The summed E-state index contributed by atoms with van der Waals surface area (Å²) >= 11 is 0. The van der Waals surface area contributed by atoms with Gasteiger partial charge in [-0.2, -0.15) is 0 Å². The van der Waals surface area contributed by atoms with Gasteiger partial charge in [0.25, 0.3) is 0 Å². The Morgan fingerprint density at radius 3 is 2.54 bits per heavy atom. The molecule has 0 bridgehead atoms. The Labute approximate surface area is 160 Å². The molecule has 1 heterocycles. The summed E-state index contributed by atoms with van der Waals surface area (Å²) in [6.07, 6.45) is 1.71. The third kappa shape index (κ3) is 4.95. The molecule has 2 aromatic rings. The lowest BCUT2D eigenvalue weighted by Gasteiger charge is -2.15. The first kappa shape index (κ1) is 20.0. The number of methoxy groups -OCH3 is 1. The lowest BCUT2D eigenvalue weighted by molar-refractivity contribution is -0.122. The lowest BCUT2D eigenvalue weighted by Crippen LogP contribution is -2.40. The van der Waals surface area contributed by atoms with Gasteiger partial charge in [-0.25, -0.2) is 13.2 Å². The first-order valence-corrected chi connectivity index (χ1v) is 8.91. The molecule has 1 fully saturated rings. The summed E-state index contributed by atoms with van der Waals surface area (Å²) < 4.78 is 51.5. The Bertz CT molecular complexity index is 835. The summed E-state index contributed by atoms with van der Waals surface area (Å²) in [5.74, 6) is -2.07. The number of rotatable bonds is 7. The fourth-order valence-corrected chi connectivity index (χ4v) is 3.08. The zero-order valence-corrected chi connectivity index (χ0v) is 15.4. The predicted octanol–water partition coefficient (Wildman–Crippen LogP) is 3.06. The maximum absolute atomic E-state index is 14.4. The Balaban J connectivity index is 1.67. The van der Waals surface area contributed by atoms with Crippen molar-refractivity contribution in [2.75, 3.05) is 13.7 Å². The van der Waals surface area contributed by atoms with Gasteiger partial charge in [-0.3, -0.25) is 4.79 Å². The average Bonchev–Trinajstić information content (AvgIpc) is 3.19. The van der Waals surface area contributed by atoms with Crippen LogP contribution in [0.4, 0.5) is 13.2 Å². The van der Waals surface area contributed by atoms with Crippen LogP contribution in [0.3, 0.4) is 0 Å². The second kappa shape index (κ2) is 8.97. The zero-order chi connectivity index (χ0) is 20.1. The molecule has 0 spiro atoms. The summed E-state index contributed by atoms with van der Waals surface area (Å²) in [5, 5.41) is 5.85. The number of nitrogens with one attached hydrogen (secondary N) is 2. The highest BCUT2D eigenvalue weighted by Crippen LogP contribution is 2.29. The first-order valence-electron chi connectivity index (χ1n) is 8.91. The number of amides is 1. The number of benzene rings is 2. The van der Waals surface area contributed by atoms with E-state index in [2.05, 4.69) is 10.6 Å². The van der Waals surface area contributed by atoms with Crippen molar-refractivity contribution in [2.45, 2.75) is 32.0 Å². The summed E-state index contributed by atoms with van der Waals surface area (Å²) in [5.41, 5.74) is 0.687. The molecule has 0 aromatic heterocycles. The van der Waals surface area contributed by atoms with E-state index in [1.807, 2.05) is 0 Å². The standard InChI is InChI=1S/C20H21F3N2O3/c1-27-18-9-19(28-11-12-5-14(21)8-15(22)6-12)16(23)7-13(18)10-25-20(26)17-3-2-4-24-17/h5-9,17,24H,2-4,10-11H2,1H3,(H,25,26)/t17-/m0/s1. The number of carbonyl (C=O) groups is 1. The third-order valence-electron chi connectivity index (χ3n) is 4.48. The fraction of sp³-hybridized carbons (Fsp3) is 0.350. The molecule has 0 unspecified atom stereocenters. The topological polar surface area (TPSA) is 59.6 Å². The smallest absolute Gasteiger partial charge is 0.237 e. The van der Waals surface area contributed by atoms with Crippen LogP contribution in [0.15, 0.2) is 30.3 Å². The molecule has 2 N–H and O–H groups in total. The Kier molecular flexibility index (Phi) is 6.41. The number of halogens is 3. The molecule has 1 amide bonds. The second-order valence-corrected chi connectivity index (χ2v) is 6.53. The molecule has 5 nitrogen and oxygen atoms in total. The molecule has 8 heteroatoms. The van der Waals surface area contributed by atoms with Gasteiger partial charge in [0.1, 0.15) is 24.0 Å². The minimum absolute atomic E-state index is 0.104. The van der Waals surface area contributed by atoms with E-state index < -0.39 is 17.5 Å². The largest absolute Gasteiger partial charge is 0.496 e. The van der Waals surface area contributed by atoms with Gasteiger partial charge < -0.3 is 20.1 Å². The summed E-state index contributed by atoms with van der Waals surface area (Å²) in [4.78, 5) is 12.1. The second-order valence-electron chi connectivity index (χ2n) is 6.53. The zero-order valence-electron chi connectivity index (χ0n) is 15.4. The van der Waals surface area contributed by atoms with E-state index >= 15 is 0 Å². The van der Waals surface area contributed by atoms with E-state index in [0.29, 0.717) is 11.3 Å². The van der Waals surface area contributed by atoms with Gasteiger partial charge in [0.05, 0.1) is 13.2 Å². The summed E-state index contributed by atoms with van der Waals surface area (Å²) in [7, 11) is 1.42. The lowest BCUT2D eigenvalue weighted by atomic mass is 10.1. The molecule has 2 aromatic carbocycles. The van der Waals surface area contributed by atoms with Crippen LogP contribution >= 0.6 is 0 Å². The van der Waals surface area contributed by atoms with Crippen molar-refractivity contribution < 1.29 is 27.4 Å². The highest BCUT2D eigenvalue weighted by molar-refractivity contribution is 5.82. The van der Waals surface area contributed by atoms with Crippen LogP contribution in [0.1, 0.15) is 24.0 Å². The molecule has 1 saturated heterocycles. The van der Waals surface area contributed by atoms with E-state index in [0.717, 1.165) is 37.6 Å². The van der Waals surface area contributed by atoms with E-state index in [9.17, 15) is 18.0 Å². The number of hydrogen-bond acceptors (Lipinski definition) is 4. The highest BCUT2D eigenvalue weighted by Gasteiger charge is 2.22. The normalized spacial score (nSPS) is 16.1. The van der Waals surface area contributed by atoms with Crippen molar-refractivity contribution in [3.63, 3.8) is 0 Å². The van der Waals surface area contributed by atoms with Gasteiger partial charge in [-0.15, -0.1) is 0 Å². The molecule has 0 aliphatic carbocycles. The molecule has 1 aliphatic heterocycles. The number of ether oxygens (including phenoxy) is 2. The molecule has 1 aliphatic rings. The minimum atomic E-state index is -0.737. The molecule has 1 atom stereocenters. The van der Waals surface area contributed by atoms with Crippen LogP contribution in [0.5, 0.6) is 11.5 Å². The fourth-order valence-electron chi connectivity index (χ4n) is 3.08. The van der Waals surface area contributed by atoms with Gasteiger partial charge in [-0.05, 0) is 43.1 Å². The van der Waals surface area contributed by atoms with Crippen LogP contribution in [-0.4, -0.2) is 25.6 Å². The summed E-state index contributed by atoms with van der Waals surface area (Å²) in [6, 6.07) is 5.30. The Morgan fingerprint density at radius 1 is 1.14 bits per heavy atom. The average molecular weight is 394 g/mol. The van der Waals surface area contributed by atoms with E-state index in [-0.39, 0.29) is 36.4 Å². The maximum atomic E-state index is 14.4. The van der Waals surface area contributed by atoms with Gasteiger partial charge in [0.2, 0.25) is 5.91 Å². The number of hydrogen-bond donors (Lipinski definition) is 2. The van der Waals surface area contributed by atoms with Crippen LogP contribution < -0.4 is 20.1 Å². The summed E-state index contributed by atoms with van der Waals surface area (Å²) in [6.45, 7) is 0.696. The Hall–Kier alpha value is -2.74. The van der Waals surface area contributed by atoms with Gasteiger partial charge in [-0.1, -0.05) is 0 Å². The van der Waals surface area contributed by atoms with Crippen molar-refractivity contribution >= 4 is 5.91 Å². The first-order chi connectivity index (χ1) is 13.5. The van der Waals surface area contributed by atoms with Gasteiger partial charge in [0, 0.05) is 24.2 Å². The molecule has 28 heavy (non-hydrogen) atoms. The van der Waals surface area contributed by atoms with Gasteiger partial charge in [0.15, 0.2) is 11.6 Å². The van der Waals surface area contributed by atoms with Crippen molar-refractivity contribution in [3.8, 4) is 11.5 Å². The van der Waals surface area contributed by atoms with Gasteiger partial charge >= 0.3 is 0 Å². The van der Waals surface area contributed by atoms with Crippen molar-refractivity contribution in [1.29, 1.82) is 0 Å². The maximum Gasteiger partial charge on any atom is 0.237 e. The highest BCUT2D eigenvalue weighted by atomic mass is 19.1. The minimum Gasteiger partial charge on any atom is -0.496 e. The molecule has 3 rings (SSSR count). The van der Waals surface area contributed by atoms with E-state index in [4.69, 9.17) is 9.47 Å². The monoisotopic (exact) mass is 394 g/mol. The molecular formula is C20H21F3N2O3. The number of carbonyl (C=O) groups excluding carboxylic acids is 1. The van der Waals surface area contributed by atoms with Crippen molar-refractivity contribution in [1.82, 2.24) is 10.6 Å². The van der Waals surface area contributed by atoms with E-state index in [1.54, 1.807) is 0 Å². The molecule has 0 saturated carbocycles.